The summed E-state index contributed by atoms with van der Waals surface area (Å²) in [5.41, 5.74) is 8.26. The summed E-state index contributed by atoms with van der Waals surface area (Å²) in [6, 6.07) is 35.7. The Morgan fingerprint density at radius 1 is 0.492 bits per heavy atom. The van der Waals surface area contributed by atoms with Crippen LogP contribution in [0.5, 0.6) is 46.3 Å². The van der Waals surface area contributed by atoms with Gasteiger partial charge in [-0.05, 0) is 104 Å². The molecule has 0 aliphatic heterocycles. The molecule has 0 saturated heterocycles. The second-order valence-electron chi connectivity index (χ2n) is 16.8. The van der Waals surface area contributed by atoms with E-state index < -0.39 is 8.32 Å². The lowest BCUT2D eigenvalue weighted by molar-refractivity contribution is 0.269. The third-order valence-electron chi connectivity index (χ3n) is 11.4. The first-order chi connectivity index (χ1) is 30.2. The van der Waals surface area contributed by atoms with E-state index in [1.807, 2.05) is 86.6 Å². The molecule has 63 heavy (non-hydrogen) atoms. The number of pyridine rings is 2. The zero-order valence-electron chi connectivity index (χ0n) is 38.8. The topological polar surface area (TPSA) is 111 Å². The van der Waals surface area contributed by atoms with Crippen molar-refractivity contribution in [1.82, 2.24) is 9.97 Å². The lowest BCUT2D eigenvalue weighted by Crippen LogP contribution is -2.43. The van der Waals surface area contributed by atoms with Gasteiger partial charge in [0.2, 0.25) is 19.8 Å². The highest BCUT2D eigenvalue weighted by Gasteiger charge is 2.39. The van der Waals surface area contributed by atoms with Crippen molar-refractivity contribution >= 4 is 8.32 Å². The molecule has 0 bridgehead atoms. The number of aryl methyl sites for hydroxylation is 4. The molecule has 10 nitrogen and oxygen atoms in total. The SMILES string of the molecule is COc1nc(CCc2ccc(O)cc2)c(C)c(OCc2ccccc2)c1OC.COc1nc(CCc2ccc(O[Si](C)(C)C(C)(C)C)cc2)c(C)c(OCc2ccccc2)c1OC. The Hall–Kier alpha value is -6.20. The highest BCUT2D eigenvalue weighted by Crippen LogP contribution is 2.42. The Bertz CT molecular complexity index is 2350. The zero-order chi connectivity index (χ0) is 45.6. The van der Waals surface area contributed by atoms with E-state index in [2.05, 4.69) is 63.1 Å². The summed E-state index contributed by atoms with van der Waals surface area (Å²) < 4.78 is 40.9. The van der Waals surface area contributed by atoms with Crippen LogP contribution in [0.15, 0.2) is 109 Å². The van der Waals surface area contributed by atoms with Crippen molar-refractivity contribution < 1.29 is 38.0 Å². The van der Waals surface area contributed by atoms with Gasteiger partial charge in [0.25, 0.3) is 11.8 Å². The number of hydrogen-bond acceptors (Lipinski definition) is 10. The molecule has 11 heteroatoms. The van der Waals surface area contributed by atoms with E-state index >= 15 is 0 Å². The van der Waals surface area contributed by atoms with Gasteiger partial charge in [0.15, 0.2) is 11.5 Å². The zero-order valence-corrected chi connectivity index (χ0v) is 39.8. The van der Waals surface area contributed by atoms with Crippen molar-refractivity contribution in [3.8, 4) is 46.3 Å². The van der Waals surface area contributed by atoms with Crippen LogP contribution in [0.3, 0.4) is 0 Å². The summed E-state index contributed by atoms with van der Waals surface area (Å²) in [5.74, 6) is 4.42. The molecule has 2 heterocycles. The van der Waals surface area contributed by atoms with Crippen molar-refractivity contribution in [3.63, 3.8) is 0 Å². The minimum absolute atomic E-state index is 0.169. The number of methoxy groups -OCH3 is 4. The fraction of sp³-hybridized carbons (Fsp3) is 0.346. The summed E-state index contributed by atoms with van der Waals surface area (Å²) in [5, 5.41) is 9.61. The Labute approximate surface area is 375 Å². The number of aromatic hydroxyl groups is 1. The van der Waals surface area contributed by atoms with Crippen LogP contribution in [0, 0.1) is 13.8 Å². The number of ether oxygens (including phenoxy) is 6. The van der Waals surface area contributed by atoms with Gasteiger partial charge in [-0.1, -0.05) is 106 Å². The van der Waals surface area contributed by atoms with Gasteiger partial charge in [-0.15, -0.1) is 0 Å². The lowest BCUT2D eigenvalue weighted by atomic mass is 10.0. The van der Waals surface area contributed by atoms with Gasteiger partial charge in [-0.25, -0.2) is 9.97 Å². The van der Waals surface area contributed by atoms with Crippen LogP contribution in [0.1, 0.15) is 65.5 Å². The van der Waals surface area contributed by atoms with Gasteiger partial charge in [0.05, 0.1) is 39.8 Å². The summed E-state index contributed by atoms with van der Waals surface area (Å²) in [6.45, 7) is 16.2. The maximum Gasteiger partial charge on any atom is 0.261 e. The molecule has 6 aromatic rings. The first-order valence-corrected chi connectivity index (χ1v) is 24.2. The average Bonchev–Trinajstić information content (AvgIpc) is 3.28. The number of nitrogens with zero attached hydrogens (tertiary/aromatic N) is 2. The summed E-state index contributed by atoms with van der Waals surface area (Å²) in [4.78, 5) is 9.37. The number of rotatable bonds is 18. The second kappa shape index (κ2) is 22.2. The van der Waals surface area contributed by atoms with Crippen LogP contribution in [0.2, 0.25) is 18.1 Å². The van der Waals surface area contributed by atoms with Crippen LogP contribution < -0.4 is 32.8 Å². The van der Waals surface area contributed by atoms with Crippen molar-refractivity contribution in [2.75, 3.05) is 28.4 Å². The van der Waals surface area contributed by atoms with E-state index in [0.29, 0.717) is 48.0 Å². The quantitative estimate of drug-likeness (QED) is 0.0838. The molecule has 334 valence electrons. The number of hydrogen-bond donors (Lipinski definition) is 1. The molecule has 0 aliphatic rings. The van der Waals surface area contributed by atoms with Gasteiger partial charge >= 0.3 is 0 Å². The third-order valence-corrected chi connectivity index (χ3v) is 15.8. The van der Waals surface area contributed by atoms with Gasteiger partial charge in [0, 0.05) is 11.1 Å². The van der Waals surface area contributed by atoms with E-state index in [1.165, 1.54) is 5.56 Å². The van der Waals surface area contributed by atoms with Crippen LogP contribution in [-0.4, -0.2) is 51.8 Å². The van der Waals surface area contributed by atoms with Crippen molar-refractivity contribution in [2.45, 2.75) is 91.6 Å². The Morgan fingerprint density at radius 2 is 0.889 bits per heavy atom. The molecule has 0 spiro atoms. The van der Waals surface area contributed by atoms with Crippen LogP contribution >= 0.6 is 0 Å². The average molecular weight is 873 g/mol. The predicted octanol–water partition coefficient (Wildman–Crippen LogP) is 11.6. The first-order valence-electron chi connectivity index (χ1n) is 21.3. The van der Waals surface area contributed by atoms with Crippen LogP contribution in [0.25, 0.3) is 0 Å². The molecule has 0 amide bonds. The van der Waals surface area contributed by atoms with Crippen LogP contribution in [0.4, 0.5) is 0 Å². The summed E-state index contributed by atoms with van der Waals surface area (Å²) in [6.07, 6.45) is 3.12. The van der Waals surface area contributed by atoms with E-state index in [9.17, 15) is 5.11 Å². The minimum atomic E-state index is -1.85. The minimum Gasteiger partial charge on any atom is -0.544 e. The molecule has 0 saturated carbocycles. The highest BCUT2D eigenvalue weighted by molar-refractivity contribution is 6.74. The molecule has 0 fully saturated rings. The third kappa shape index (κ3) is 12.9. The summed E-state index contributed by atoms with van der Waals surface area (Å²) in [7, 11) is 4.53. The summed E-state index contributed by atoms with van der Waals surface area (Å²) >= 11 is 0. The second-order valence-corrected chi connectivity index (χ2v) is 21.6. The molecular formula is C52H64N2O8Si. The number of phenolic OH excluding ortho intramolecular Hbond substituents is 1. The van der Waals surface area contributed by atoms with E-state index in [4.69, 9.17) is 37.8 Å². The fourth-order valence-corrected chi connectivity index (χ4v) is 7.63. The smallest absolute Gasteiger partial charge is 0.261 e. The van der Waals surface area contributed by atoms with E-state index in [1.54, 1.807) is 40.6 Å². The molecular weight excluding hydrogens is 809 g/mol. The standard InChI is InChI=1S/C29H39NO4Si.C23H25NO4/c1-21-25(19-16-22-14-17-24(18-15-22)34-35(7,8)29(2,3)4)30-28(32-6)27(31-5)26(21)33-20-23-12-10-9-11-13-23;1-16-20(14-11-17-9-12-19(25)13-10-17)24-23(27-3)22(26-2)21(16)28-15-18-7-5-4-6-8-18/h9-15,17-18H,16,19-20H2,1-8H3;4-10,12-13,25H,11,14-15H2,1-3H3. The molecule has 2 aromatic heterocycles. The number of aromatic nitrogens is 2. The van der Waals surface area contributed by atoms with E-state index in [-0.39, 0.29) is 10.8 Å². The van der Waals surface area contributed by atoms with Gasteiger partial charge in [0.1, 0.15) is 24.7 Å². The Morgan fingerprint density at radius 3 is 1.25 bits per heavy atom. The monoisotopic (exact) mass is 872 g/mol. The predicted molar refractivity (Wildman–Crippen MR) is 253 cm³/mol. The Kier molecular flexibility index (Phi) is 16.9. The molecule has 4 aromatic carbocycles. The molecule has 0 atom stereocenters. The van der Waals surface area contributed by atoms with Gasteiger partial charge in [-0.3, -0.25) is 0 Å². The maximum absolute atomic E-state index is 9.44. The van der Waals surface area contributed by atoms with Crippen molar-refractivity contribution in [3.05, 3.63) is 154 Å². The molecule has 1 N–H and O–H groups in total. The highest BCUT2D eigenvalue weighted by atomic mass is 28.4. The van der Waals surface area contributed by atoms with Gasteiger partial charge < -0.3 is 38.0 Å². The fourth-order valence-electron chi connectivity index (χ4n) is 6.60. The lowest BCUT2D eigenvalue weighted by Gasteiger charge is -2.36. The van der Waals surface area contributed by atoms with Crippen molar-refractivity contribution in [1.29, 1.82) is 0 Å². The van der Waals surface area contributed by atoms with Crippen molar-refractivity contribution in [2.24, 2.45) is 0 Å². The number of benzene rings is 4. The normalized spacial score (nSPS) is 11.2. The number of phenols is 1. The first kappa shape index (κ1) is 47.8. The van der Waals surface area contributed by atoms with Crippen LogP contribution in [-0.2, 0) is 38.9 Å². The molecule has 0 aliphatic carbocycles. The largest absolute Gasteiger partial charge is 0.544 e. The van der Waals surface area contributed by atoms with Gasteiger partial charge in [-0.2, -0.15) is 0 Å². The molecule has 6 rings (SSSR count). The maximum atomic E-state index is 9.44. The van der Waals surface area contributed by atoms with E-state index in [0.717, 1.165) is 70.6 Å². The Balaban J connectivity index is 0.000000243. The molecule has 0 radical (unpaired) electrons. The molecule has 0 unspecified atom stereocenters.